The first kappa shape index (κ1) is 19.4. The first-order chi connectivity index (χ1) is 13.3. The van der Waals surface area contributed by atoms with Gasteiger partial charge in [-0.05, 0) is 54.0 Å². The molecule has 0 N–H and O–H groups in total. The van der Waals surface area contributed by atoms with E-state index < -0.39 is 0 Å². The van der Waals surface area contributed by atoms with Crippen molar-refractivity contribution in [1.82, 2.24) is 4.98 Å². The van der Waals surface area contributed by atoms with Crippen LogP contribution in [0.15, 0.2) is 66.9 Å². The first-order valence-corrected chi connectivity index (χ1v) is 10.4. The maximum atomic E-state index is 4.64. The van der Waals surface area contributed by atoms with Crippen molar-refractivity contribution < 1.29 is 0 Å². The lowest BCUT2D eigenvalue weighted by Crippen LogP contribution is -1.90. The van der Waals surface area contributed by atoms with Crippen molar-refractivity contribution in [2.75, 3.05) is 0 Å². The third-order valence-electron chi connectivity index (χ3n) is 5.19. The molecule has 0 unspecified atom stereocenters. The van der Waals surface area contributed by atoms with Crippen LogP contribution in [-0.4, -0.2) is 4.98 Å². The number of hydrogen-bond acceptors (Lipinski definition) is 1. The summed E-state index contributed by atoms with van der Waals surface area (Å²) in [5, 5.41) is 0. The maximum absolute atomic E-state index is 4.64. The van der Waals surface area contributed by atoms with E-state index in [2.05, 4.69) is 79.5 Å². The second kappa shape index (κ2) is 10.1. The van der Waals surface area contributed by atoms with E-state index in [0.717, 1.165) is 6.42 Å². The number of nitrogens with zero attached hydrogens (tertiary/aromatic N) is 1. The Bertz CT molecular complexity index is 798. The molecule has 0 spiro atoms. The normalized spacial score (nSPS) is 10.9. The van der Waals surface area contributed by atoms with Gasteiger partial charge in [0.25, 0.3) is 0 Å². The fraction of sp³-hybridized carbons (Fsp3) is 0.346. The van der Waals surface area contributed by atoms with Crippen molar-refractivity contribution in [3.05, 3.63) is 78.1 Å². The van der Waals surface area contributed by atoms with Crippen molar-refractivity contribution >= 4 is 0 Å². The Kier molecular flexibility index (Phi) is 7.21. The second-order valence-electron chi connectivity index (χ2n) is 7.37. The highest BCUT2D eigenvalue weighted by atomic mass is 14.7. The smallest absolute Gasteiger partial charge is 0.0404 e. The molecule has 27 heavy (non-hydrogen) atoms. The summed E-state index contributed by atoms with van der Waals surface area (Å²) in [5.41, 5.74) is 7.60. The van der Waals surface area contributed by atoms with Crippen LogP contribution >= 0.6 is 0 Å². The van der Waals surface area contributed by atoms with Gasteiger partial charge in [0.1, 0.15) is 0 Å². The molecule has 1 heterocycles. The summed E-state index contributed by atoms with van der Waals surface area (Å²) in [6.07, 6.45) is 10.6. The predicted molar refractivity (Wildman–Crippen MR) is 117 cm³/mol. The van der Waals surface area contributed by atoms with E-state index in [1.54, 1.807) is 0 Å². The largest absolute Gasteiger partial charge is 0.261 e. The van der Waals surface area contributed by atoms with Gasteiger partial charge in [-0.25, -0.2) is 0 Å². The molecular weight excluding hydrogens is 326 g/mol. The van der Waals surface area contributed by atoms with Crippen LogP contribution in [0.4, 0.5) is 0 Å². The van der Waals surface area contributed by atoms with Gasteiger partial charge in [-0.1, -0.05) is 87.7 Å². The topological polar surface area (TPSA) is 12.9 Å². The van der Waals surface area contributed by atoms with Gasteiger partial charge in [0, 0.05) is 17.5 Å². The summed E-state index contributed by atoms with van der Waals surface area (Å²) in [4.78, 5) is 4.64. The highest BCUT2D eigenvalue weighted by Crippen LogP contribution is 2.25. The third kappa shape index (κ3) is 5.53. The molecule has 0 amide bonds. The number of aryl methyl sites for hydroxylation is 2. The van der Waals surface area contributed by atoms with Crippen LogP contribution in [-0.2, 0) is 12.8 Å². The number of rotatable bonds is 9. The van der Waals surface area contributed by atoms with Crippen molar-refractivity contribution in [1.29, 1.82) is 0 Å². The van der Waals surface area contributed by atoms with Crippen molar-refractivity contribution in [2.45, 2.75) is 58.8 Å². The lowest BCUT2D eigenvalue weighted by molar-refractivity contribution is 0.707. The molecule has 0 aliphatic carbocycles. The Morgan fingerprint density at radius 2 is 1.11 bits per heavy atom. The minimum atomic E-state index is 1.08. The average Bonchev–Trinajstić information content (AvgIpc) is 2.73. The van der Waals surface area contributed by atoms with Crippen LogP contribution < -0.4 is 0 Å². The van der Waals surface area contributed by atoms with E-state index in [9.17, 15) is 0 Å². The molecule has 0 bridgehead atoms. The molecule has 2 aromatic carbocycles. The summed E-state index contributed by atoms with van der Waals surface area (Å²) < 4.78 is 0. The summed E-state index contributed by atoms with van der Waals surface area (Å²) in [6, 6.07) is 22.2. The zero-order chi connectivity index (χ0) is 18.9. The molecular formula is C26H31N. The molecule has 1 aromatic heterocycles. The Morgan fingerprint density at radius 3 is 1.67 bits per heavy atom. The van der Waals surface area contributed by atoms with Crippen LogP contribution in [0.2, 0.25) is 0 Å². The molecule has 0 fully saturated rings. The van der Waals surface area contributed by atoms with Crippen molar-refractivity contribution in [2.24, 2.45) is 0 Å². The zero-order valence-corrected chi connectivity index (χ0v) is 16.7. The second-order valence-corrected chi connectivity index (χ2v) is 7.37. The van der Waals surface area contributed by atoms with E-state index in [-0.39, 0.29) is 0 Å². The Morgan fingerprint density at radius 1 is 0.556 bits per heavy atom. The molecule has 140 valence electrons. The van der Waals surface area contributed by atoms with Crippen LogP contribution in [0.5, 0.6) is 0 Å². The van der Waals surface area contributed by atoms with Gasteiger partial charge in [-0.3, -0.25) is 4.98 Å². The summed E-state index contributed by atoms with van der Waals surface area (Å²) in [6.45, 7) is 4.48. The van der Waals surface area contributed by atoms with E-state index in [1.165, 1.54) is 72.0 Å². The molecule has 3 rings (SSSR count). The number of aromatic nitrogens is 1. The van der Waals surface area contributed by atoms with Crippen LogP contribution in [0.3, 0.4) is 0 Å². The fourth-order valence-corrected chi connectivity index (χ4v) is 3.40. The lowest BCUT2D eigenvalue weighted by Gasteiger charge is -2.07. The molecule has 0 aliphatic heterocycles. The number of unbranched alkanes of at least 4 members (excludes halogenated alkanes) is 3. The maximum Gasteiger partial charge on any atom is 0.0404 e. The Labute approximate surface area is 164 Å². The average molecular weight is 358 g/mol. The van der Waals surface area contributed by atoms with Gasteiger partial charge in [-0.15, -0.1) is 0 Å². The highest BCUT2D eigenvalue weighted by Gasteiger charge is 2.02. The van der Waals surface area contributed by atoms with Crippen LogP contribution in [0.25, 0.3) is 22.3 Å². The quantitative estimate of drug-likeness (QED) is 0.361. The van der Waals surface area contributed by atoms with E-state index in [1.807, 2.05) is 6.20 Å². The zero-order valence-electron chi connectivity index (χ0n) is 16.7. The molecule has 3 aromatic rings. The van der Waals surface area contributed by atoms with Gasteiger partial charge in [0.05, 0.1) is 0 Å². The van der Waals surface area contributed by atoms with E-state index in [0.29, 0.717) is 0 Å². The van der Waals surface area contributed by atoms with E-state index >= 15 is 0 Å². The fourth-order valence-electron chi connectivity index (χ4n) is 3.40. The first-order valence-electron chi connectivity index (χ1n) is 10.4. The van der Waals surface area contributed by atoms with Gasteiger partial charge >= 0.3 is 0 Å². The third-order valence-corrected chi connectivity index (χ3v) is 5.19. The molecule has 0 saturated carbocycles. The number of pyridine rings is 1. The highest BCUT2D eigenvalue weighted by molar-refractivity contribution is 5.70. The van der Waals surface area contributed by atoms with Crippen LogP contribution in [0.1, 0.15) is 57.2 Å². The van der Waals surface area contributed by atoms with Crippen molar-refractivity contribution in [3.8, 4) is 22.3 Å². The minimum Gasteiger partial charge on any atom is -0.261 e. The van der Waals surface area contributed by atoms with E-state index in [4.69, 9.17) is 0 Å². The summed E-state index contributed by atoms with van der Waals surface area (Å²) >= 11 is 0. The van der Waals surface area contributed by atoms with Crippen LogP contribution in [0, 0.1) is 0 Å². The number of hydrogen-bond donors (Lipinski definition) is 0. The molecule has 0 saturated heterocycles. The molecule has 0 aliphatic rings. The standard InChI is InChI=1S/C26H31N/c1-3-5-7-9-26-19-18-25(20-27-26)24-16-14-23(15-17-24)22-12-10-21(11-13-22)8-6-4-2/h10-20H,3-9H2,1-2H3. The molecule has 0 atom stereocenters. The van der Waals surface area contributed by atoms with Gasteiger partial charge in [-0.2, -0.15) is 0 Å². The SMILES string of the molecule is CCCCCc1ccc(-c2ccc(-c3ccc(CCCC)cc3)cc2)cn1. The minimum absolute atomic E-state index is 1.08. The molecule has 0 radical (unpaired) electrons. The lowest BCUT2D eigenvalue weighted by atomic mass is 9.99. The number of benzene rings is 2. The molecule has 1 heteroatoms. The predicted octanol–water partition coefficient (Wildman–Crippen LogP) is 7.49. The van der Waals surface area contributed by atoms with Gasteiger partial charge in [0.2, 0.25) is 0 Å². The summed E-state index contributed by atoms with van der Waals surface area (Å²) in [5.74, 6) is 0. The Hall–Kier alpha value is -2.41. The van der Waals surface area contributed by atoms with Crippen molar-refractivity contribution in [3.63, 3.8) is 0 Å². The monoisotopic (exact) mass is 357 g/mol. The Balaban J connectivity index is 1.66. The summed E-state index contributed by atoms with van der Waals surface area (Å²) in [7, 11) is 0. The molecule has 1 nitrogen and oxygen atoms in total. The van der Waals surface area contributed by atoms with Gasteiger partial charge < -0.3 is 0 Å². The van der Waals surface area contributed by atoms with Gasteiger partial charge in [0.15, 0.2) is 0 Å².